The van der Waals surface area contributed by atoms with Gasteiger partial charge in [0.1, 0.15) is 18.4 Å². The normalized spacial score (nSPS) is 10.4. The number of anilines is 1. The van der Waals surface area contributed by atoms with Crippen LogP contribution in [0.25, 0.3) is 5.69 Å². The van der Waals surface area contributed by atoms with Gasteiger partial charge in [-0.2, -0.15) is 5.10 Å². The third kappa shape index (κ3) is 5.41. The van der Waals surface area contributed by atoms with E-state index in [1.54, 1.807) is 35.3 Å². The Balaban J connectivity index is 1.48. The number of nitrogens with one attached hydrogen (secondary N) is 2. The smallest absolute Gasteiger partial charge is 0.255 e. The van der Waals surface area contributed by atoms with Crippen LogP contribution in [-0.4, -0.2) is 39.7 Å². The molecule has 2 N–H and O–H groups in total. The summed E-state index contributed by atoms with van der Waals surface area (Å²) < 4.78 is 7.06. The van der Waals surface area contributed by atoms with Gasteiger partial charge in [0, 0.05) is 13.0 Å². The summed E-state index contributed by atoms with van der Waals surface area (Å²) in [7, 11) is 0. The molecule has 0 saturated heterocycles. The van der Waals surface area contributed by atoms with E-state index in [0.29, 0.717) is 36.6 Å². The van der Waals surface area contributed by atoms with Crippen molar-refractivity contribution in [1.29, 1.82) is 0 Å². The van der Waals surface area contributed by atoms with Crippen LogP contribution in [0.4, 0.5) is 5.69 Å². The number of para-hydroxylation sites is 3. The first-order valence-electron chi connectivity index (χ1n) is 9.43. The zero-order chi connectivity index (χ0) is 20.5. The van der Waals surface area contributed by atoms with Gasteiger partial charge in [0.15, 0.2) is 0 Å². The van der Waals surface area contributed by atoms with Crippen LogP contribution in [0.1, 0.15) is 30.1 Å². The van der Waals surface area contributed by atoms with Crippen LogP contribution >= 0.6 is 0 Å². The summed E-state index contributed by atoms with van der Waals surface area (Å²) in [6.07, 6.45) is 3.80. The van der Waals surface area contributed by atoms with Gasteiger partial charge in [-0.15, -0.1) is 0 Å². The molecule has 29 heavy (non-hydrogen) atoms. The van der Waals surface area contributed by atoms with Gasteiger partial charge < -0.3 is 15.4 Å². The zero-order valence-corrected chi connectivity index (χ0v) is 16.2. The number of carbonyl (C=O) groups excluding carboxylic acids is 2. The first-order valence-corrected chi connectivity index (χ1v) is 9.43. The molecule has 8 nitrogen and oxygen atoms in total. The largest absolute Gasteiger partial charge is 0.493 e. The van der Waals surface area contributed by atoms with Gasteiger partial charge in [-0.3, -0.25) is 9.59 Å². The number of hydrogen-bond acceptors (Lipinski definition) is 5. The van der Waals surface area contributed by atoms with Gasteiger partial charge in [0.25, 0.3) is 5.91 Å². The lowest BCUT2D eigenvalue weighted by Gasteiger charge is -2.11. The van der Waals surface area contributed by atoms with Crippen molar-refractivity contribution in [2.75, 3.05) is 18.5 Å². The maximum Gasteiger partial charge on any atom is 0.255 e. The molecule has 3 aromatic rings. The first kappa shape index (κ1) is 20.1. The van der Waals surface area contributed by atoms with Gasteiger partial charge in [0.05, 0.1) is 23.5 Å². The second-order valence-electron chi connectivity index (χ2n) is 6.19. The van der Waals surface area contributed by atoms with Gasteiger partial charge >= 0.3 is 0 Å². The maximum absolute atomic E-state index is 12.3. The average Bonchev–Trinajstić information content (AvgIpc) is 3.27. The minimum absolute atomic E-state index is 0.137. The molecule has 0 saturated carbocycles. The minimum Gasteiger partial charge on any atom is -0.493 e. The number of hydrogen-bond donors (Lipinski definition) is 2. The number of nitrogens with zero attached hydrogens (tertiary/aromatic N) is 3. The van der Waals surface area contributed by atoms with Crippen molar-refractivity contribution in [3.8, 4) is 11.4 Å². The number of benzene rings is 2. The zero-order valence-electron chi connectivity index (χ0n) is 16.2. The highest BCUT2D eigenvalue weighted by atomic mass is 16.5. The maximum atomic E-state index is 12.3. The molecule has 3 rings (SSSR count). The summed E-state index contributed by atoms with van der Waals surface area (Å²) in [5.41, 5.74) is 1.87. The summed E-state index contributed by atoms with van der Waals surface area (Å²) in [5, 5.41) is 9.81. The van der Waals surface area contributed by atoms with E-state index in [1.165, 1.54) is 6.33 Å². The third-order valence-electron chi connectivity index (χ3n) is 4.14. The standard InChI is InChI=1S/C21H23N5O3/c1-2-29-19-11-6-3-8-16(19)21(28)23-13-7-12-20(27)25-17-9-4-5-10-18(17)26-15-22-14-24-26/h3-6,8-11,14-15H,2,7,12-13H2,1H3,(H,23,28)(H,25,27). The van der Waals surface area contributed by atoms with Crippen LogP contribution in [0.2, 0.25) is 0 Å². The summed E-state index contributed by atoms with van der Waals surface area (Å²) in [6, 6.07) is 14.4. The second-order valence-corrected chi connectivity index (χ2v) is 6.19. The molecule has 2 aromatic carbocycles. The van der Waals surface area contributed by atoms with E-state index in [4.69, 9.17) is 4.74 Å². The van der Waals surface area contributed by atoms with Crippen LogP contribution in [0.15, 0.2) is 61.2 Å². The fraction of sp³-hybridized carbons (Fsp3) is 0.238. The van der Waals surface area contributed by atoms with Gasteiger partial charge in [0.2, 0.25) is 5.91 Å². The van der Waals surface area contributed by atoms with Gasteiger partial charge in [-0.25, -0.2) is 9.67 Å². The molecular weight excluding hydrogens is 370 g/mol. The average molecular weight is 393 g/mol. The molecule has 0 spiro atoms. The Labute approximate surface area is 168 Å². The number of amides is 2. The Kier molecular flexibility index (Phi) is 6.94. The number of carbonyl (C=O) groups is 2. The SMILES string of the molecule is CCOc1ccccc1C(=O)NCCCC(=O)Nc1ccccc1-n1cncn1. The van der Waals surface area contributed by atoms with Crippen LogP contribution in [0, 0.1) is 0 Å². The van der Waals surface area contributed by atoms with Crippen molar-refractivity contribution in [3.63, 3.8) is 0 Å². The molecule has 0 atom stereocenters. The van der Waals surface area contributed by atoms with Crippen LogP contribution < -0.4 is 15.4 Å². The van der Waals surface area contributed by atoms with E-state index in [-0.39, 0.29) is 18.2 Å². The predicted molar refractivity (Wildman–Crippen MR) is 109 cm³/mol. The Bertz CT molecular complexity index is 956. The Hall–Kier alpha value is -3.68. The van der Waals surface area contributed by atoms with E-state index in [0.717, 1.165) is 5.69 Å². The number of aromatic nitrogens is 3. The number of rotatable bonds is 9. The molecule has 0 unspecified atom stereocenters. The van der Waals surface area contributed by atoms with Crippen LogP contribution in [0.3, 0.4) is 0 Å². The molecule has 2 amide bonds. The summed E-state index contributed by atoms with van der Waals surface area (Å²) in [5.74, 6) is 0.197. The summed E-state index contributed by atoms with van der Waals surface area (Å²) in [6.45, 7) is 2.74. The van der Waals surface area contributed by atoms with E-state index in [1.807, 2.05) is 31.2 Å². The summed E-state index contributed by atoms with van der Waals surface area (Å²) in [4.78, 5) is 28.6. The van der Waals surface area contributed by atoms with Crippen LogP contribution in [-0.2, 0) is 4.79 Å². The Morgan fingerprint density at radius 3 is 2.69 bits per heavy atom. The molecule has 0 aliphatic rings. The van der Waals surface area contributed by atoms with Crippen LogP contribution in [0.5, 0.6) is 5.75 Å². The quantitative estimate of drug-likeness (QED) is 0.545. The highest BCUT2D eigenvalue weighted by Gasteiger charge is 2.12. The molecule has 0 aliphatic heterocycles. The minimum atomic E-state index is -0.217. The lowest BCUT2D eigenvalue weighted by atomic mass is 10.2. The highest BCUT2D eigenvalue weighted by Crippen LogP contribution is 2.19. The molecule has 0 bridgehead atoms. The van der Waals surface area contributed by atoms with Crippen molar-refractivity contribution in [2.45, 2.75) is 19.8 Å². The van der Waals surface area contributed by atoms with E-state index in [9.17, 15) is 9.59 Å². The molecule has 0 fully saturated rings. The van der Waals surface area contributed by atoms with Crippen molar-refractivity contribution in [1.82, 2.24) is 20.1 Å². The molecule has 1 aromatic heterocycles. The molecule has 150 valence electrons. The third-order valence-corrected chi connectivity index (χ3v) is 4.14. The van der Waals surface area contributed by atoms with Crippen molar-refractivity contribution >= 4 is 17.5 Å². The van der Waals surface area contributed by atoms with Crippen molar-refractivity contribution in [2.24, 2.45) is 0 Å². The van der Waals surface area contributed by atoms with Crippen molar-refractivity contribution < 1.29 is 14.3 Å². The first-order chi connectivity index (χ1) is 14.2. The molecule has 8 heteroatoms. The van der Waals surface area contributed by atoms with E-state index >= 15 is 0 Å². The van der Waals surface area contributed by atoms with E-state index < -0.39 is 0 Å². The Morgan fingerprint density at radius 1 is 1.10 bits per heavy atom. The molecule has 0 radical (unpaired) electrons. The van der Waals surface area contributed by atoms with Crippen molar-refractivity contribution in [3.05, 3.63) is 66.7 Å². The lowest BCUT2D eigenvalue weighted by molar-refractivity contribution is -0.116. The van der Waals surface area contributed by atoms with E-state index in [2.05, 4.69) is 20.7 Å². The summed E-state index contributed by atoms with van der Waals surface area (Å²) >= 11 is 0. The molecule has 0 aliphatic carbocycles. The topological polar surface area (TPSA) is 98.1 Å². The fourth-order valence-electron chi connectivity index (χ4n) is 2.81. The number of ether oxygens (including phenoxy) is 1. The molecule has 1 heterocycles. The molecular formula is C21H23N5O3. The van der Waals surface area contributed by atoms with Gasteiger partial charge in [-0.1, -0.05) is 24.3 Å². The fourth-order valence-corrected chi connectivity index (χ4v) is 2.81. The Morgan fingerprint density at radius 2 is 1.90 bits per heavy atom. The lowest BCUT2D eigenvalue weighted by Crippen LogP contribution is -2.26. The second kappa shape index (κ2) is 10.0. The van der Waals surface area contributed by atoms with Gasteiger partial charge in [-0.05, 0) is 37.6 Å². The monoisotopic (exact) mass is 393 g/mol. The highest BCUT2D eigenvalue weighted by molar-refractivity contribution is 5.97. The predicted octanol–water partition coefficient (Wildman–Crippen LogP) is 2.81.